The van der Waals surface area contributed by atoms with Crippen molar-refractivity contribution in [2.24, 2.45) is 5.73 Å². The lowest BCUT2D eigenvalue weighted by Gasteiger charge is -2.26. The van der Waals surface area contributed by atoms with Gasteiger partial charge in [-0.15, -0.1) is 6.42 Å². The summed E-state index contributed by atoms with van der Waals surface area (Å²) in [6.45, 7) is 3.00. The van der Waals surface area contributed by atoms with Crippen molar-refractivity contribution < 1.29 is 4.79 Å². The van der Waals surface area contributed by atoms with Crippen molar-refractivity contribution in [2.45, 2.75) is 44.6 Å². The van der Waals surface area contributed by atoms with Gasteiger partial charge in [-0.3, -0.25) is 4.79 Å². The Bertz CT molecular complexity index is 261. The molecule has 0 aromatic carbocycles. The Kier molecular flexibility index (Phi) is 4.16. The molecule has 0 aliphatic heterocycles. The molecule has 0 heterocycles. The van der Waals surface area contributed by atoms with Crippen LogP contribution in [-0.2, 0) is 4.79 Å². The molecule has 1 saturated carbocycles. The molecule has 1 aliphatic carbocycles. The van der Waals surface area contributed by atoms with Crippen LogP contribution >= 0.6 is 0 Å². The fraction of sp³-hybridized carbons (Fsp3) is 0.750. The Morgan fingerprint density at radius 3 is 2.60 bits per heavy atom. The first-order chi connectivity index (χ1) is 7.11. The predicted molar refractivity (Wildman–Crippen MR) is 61.1 cm³/mol. The van der Waals surface area contributed by atoms with Gasteiger partial charge in [0.1, 0.15) is 0 Å². The normalized spacial score (nSPS) is 18.5. The fourth-order valence-electron chi connectivity index (χ4n) is 2.16. The van der Waals surface area contributed by atoms with Crippen molar-refractivity contribution in [2.75, 3.05) is 13.1 Å². The van der Waals surface area contributed by atoms with Gasteiger partial charge in [-0.05, 0) is 19.8 Å². The molecule has 1 aliphatic rings. The highest BCUT2D eigenvalue weighted by Gasteiger charge is 2.32. The molecule has 1 rings (SSSR count). The molecule has 3 heteroatoms. The van der Waals surface area contributed by atoms with E-state index in [1.807, 2.05) is 6.92 Å². The summed E-state index contributed by atoms with van der Waals surface area (Å²) in [5.41, 5.74) is 5.88. The van der Waals surface area contributed by atoms with Crippen molar-refractivity contribution in [3.8, 4) is 12.3 Å². The Labute approximate surface area is 92.0 Å². The van der Waals surface area contributed by atoms with Crippen molar-refractivity contribution in [3.05, 3.63) is 0 Å². The van der Waals surface area contributed by atoms with E-state index in [9.17, 15) is 4.79 Å². The molecule has 0 unspecified atom stereocenters. The van der Waals surface area contributed by atoms with Crippen LogP contribution in [0.15, 0.2) is 0 Å². The zero-order chi connectivity index (χ0) is 11.3. The maximum atomic E-state index is 11.9. The Balaban J connectivity index is 2.49. The molecule has 84 valence electrons. The van der Waals surface area contributed by atoms with E-state index in [0.717, 1.165) is 25.7 Å². The maximum absolute atomic E-state index is 11.9. The van der Waals surface area contributed by atoms with Gasteiger partial charge in [-0.1, -0.05) is 18.8 Å². The molecule has 1 amide bonds. The second-order valence-electron chi connectivity index (χ2n) is 4.36. The molecule has 0 aromatic rings. The van der Waals surface area contributed by atoms with E-state index in [2.05, 4.69) is 5.92 Å². The van der Waals surface area contributed by atoms with Crippen molar-refractivity contribution in [1.29, 1.82) is 0 Å². The van der Waals surface area contributed by atoms with Crippen LogP contribution in [0.2, 0.25) is 0 Å². The average molecular weight is 208 g/mol. The molecule has 2 N–H and O–H groups in total. The lowest BCUT2D eigenvalue weighted by atomic mass is 9.94. The van der Waals surface area contributed by atoms with E-state index in [4.69, 9.17) is 12.2 Å². The molecule has 3 nitrogen and oxygen atoms in total. The summed E-state index contributed by atoms with van der Waals surface area (Å²) < 4.78 is 0. The molecule has 15 heavy (non-hydrogen) atoms. The first-order valence-corrected chi connectivity index (χ1v) is 5.61. The number of hydrogen-bond acceptors (Lipinski definition) is 2. The minimum atomic E-state index is -0.265. The Morgan fingerprint density at radius 2 is 2.13 bits per heavy atom. The third-order valence-corrected chi connectivity index (χ3v) is 3.12. The molecule has 0 radical (unpaired) electrons. The molecule has 0 bridgehead atoms. The van der Waals surface area contributed by atoms with Crippen molar-refractivity contribution in [3.63, 3.8) is 0 Å². The predicted octanol–water partition coefficient (Wildman–Crippen LogP) is 1.13. The average Bonchev–Trinajstić information content (AvgIpc) is 2.60. The van der Waals surface area contributed by atoms with Crippen LogP contribution in [0.25, 0.3) is 0 Å². The quantitative estimate of drug-likeness (QED) is 0.704. The monoisotopic (exact) mass is 208 g/mol. The SMILES string of the molecule is C#CCN(CC)C(=O)CC1(N)CCCC1. The van der Waals surface area contributed by atoms with Gasteiger partial charge in [0.25, 0.3) is 0 Å². The maximum Gasteiger partial charge on any atom is 0.225 e. The highest BCUT2D eigenvalue weighted by molar-refractivity contribution is 5.77. The lowest BCUT2D eigenvalue weighted by Crippen LogP contribution is -2.43. The van der Waals surface area contributed by atoms with E-state index in [0.29, 0.717) is 19.5 Å². The van der Waals surface area contributed by atoms with Gasteiger partial charge in [-0.25, -0.2) is 0 Å². The van der Waals surface area contributed by atoms with Gasteiger partial charge in [0.15, 0.2) is 0 Å². The largest absolute Gasteiger partial charge is 0.332 e. The lowest BCUT2D eigenvalue weighted by molar-refractivity contribution is -0.131. The molecular formula is C12H20N2O. The smallest absolute Gasteiger partial charge is 0.225 e. The Morgan fingerprint density at radius 1 is 1.53 bits per heavy atom. The number of nitrogens with two attached hydrogens (primary N) is 1. The van der Waals surface area contributed by atoms with Crippen LogP contribution in [0.3, 0.4) is 0 Å². The number of carbonyl (C=O) groups excluding carboxylic acids is 1. The van der Waals surface area contributed by atoms with Gasteiger partial charge in [0.2, 0.25) is 5.91 Å². The topological polar surface area (TPSA) is 46.3 Å². The third kappa shape index (κ3) is 3.24. The summed E-state index contributed by atoms with van der Waals surface area (Å²) in [5, 5.41) is 0. The minimum Gasteiger partial charge on any atom is -0.332 e. The highest BCUT2D eigenvalue weighted by atomic mass is 16.2. The Hall–Kier alpha value is -1.01. The first kappa shape index (κ1) is 12.1. The van der Waals surface area contributed by atoms with Crippen molar-refractivity contribution in [1.82, 2.24) is 4.90 Å². The summed E-state index contributed by atoms with van der Waals surface area (Å²) in [7, 11) is 0. The number of carbonyl (C=O) groups is 1. The second kappa shape index (κ2) is 5.18. The zero-order valence-corrected chi connectivity index (χ0v) is 9.46. The zero-order valence-electron chi connectivity index (χ0n) is 9.46. The van der Waals surface area contributed by atoms with E-state index in [1.165, 1.54) is 0 Å². The van der Waals surface area contributed by atoms with Crippen LogP contribution in [0.1, 0.15) is 39.0 Å². The molecular weight excluding hydrogens is 188 g/mol. The summed E-state index contributed by atoms with van der Waals surface area (Å²) in [6.07, 6.45) is 9.87. The summed E-state index contributed by atoms with van der Waals surface area (Å²) in [4.78, 5) is 13.6. The molecule has 0 atom stereocenters. The third-order valence-electron chi connectivity index (χ3n) is 3.12. The fourth-order valence-corrected chi connectivity index (χ4v) is 2.16. The van der Waals surface area contributed by atoms with Crippen LogP contribution in [0.4, 0.5) is 0 Å². The number of nitrogens with zero attached hydrogens (tertiary/aromatic N) is 1. The number of terminal acetylenes is 1. The molecule has 1 fully saturated rings. The van der Waals surface area contributed by atoms with Crippen LogP contribution in [-0.4, -0.2) is 29.4 Å². The molecule has 0 spiro atoms. The summed E-state index contributed by atoms with van der Waals surface area (Å²) >= 11 is 0. The summed E-state index contributed by atoms with van der Waals surface area (Å²) in [5.74, 6) is 2.60. The minimum absolute atomic E-state index is 0.0971. The first-order valence-electron chi connectivity index (χ1n) is 5.61. The number of rotatable bonds is 4. The summed E-state index contributed by atoms with van der Waals surface area (Å²) in [6, 6.07) is 0. The van der Waals surface area contributed by atoms with Crippen molar-refractivity contribution >= 4 is 5.91 Å². The van der Waals surface area contributed by atoms with Gasteiger partial charge in [-0.2, -0.15) is 0 Å². The van der Waals surface area contributed by atoms with Crippen LogP contribution in [0, 0.1) is 12.3 Å². The number of amides is 1. The van der Waals surface area contributed by atoms with E-state index < -0.39 is 0 Å². The van der Waals surface area contributed by atoms with E-state index >= 15 is 0 Å². The van der Waals surface area contributed by atoms with E-state index in [-0.39, 0.29) is 11.4 Å². The molecule has 0 aromatic heterocycles. The molecule has 0 saturated heterocycles. The van der Waals surface area contributed by atoms with Gasteiger partial charge in [0.05, 0.1) is 6.54 Å². The highest BCUT2D eigenvalue weighted by Crippen LogP contribution is 2.30. The van der Waals surface area contributed by atoms with Crippen LogP contribution in [0.5, 0.6) is 0 Å². The van der Waals surface area contributed by atoms with Crippen LogP contribution < -0.4 is 5.73 Å². The van der Waals surface area contributed by atoms with E-state index in [1.54, 1.807) is 4.90 Å². The second-order valence-corrected chi connectivity index (χ2v) is 4.36. The number of hydrogen-bond donors (Lipinski definition) is 1. The standard InChI is InChI=1S/C12H20N2O/c1-3-9-14(4-2)11(15)10-12(13)7-5-6-8-12/h1H,4-10,13H2,2H3. The van der Waals surface area contributed by atoms with Gasteiger partial charge >= 0.3 is 0 Å². The van der Waals surface area contributed by atoms with Gasteiger partial charge < -0.3 is 10.6 Å². The van der Waals surface area contributed by atoms with Gasteiger partial charge in [0, 0.05) is 18.5 Å².